The summed E-state index contributed by atoms with van der Waals surface area (Å²) in [6.07, 6.45) is 1.13. The SMILES string of the molecule is CCCNCc1ccc(OCc2ccccc2)c(OC)c1.Cl. The fourth-order valence-electron chi connectivity index (χ4n) is 2.09. The van der Waals surface area contributed by atoms with Crippen molar-refractivity contribution in [2.24, 2.45) is 0 Å². The second-order valence-electron chi connectivity index (χ2n) is 4.94. The lowest BCUT2D eigenvalue weighted by atomic mass is 10.2. The Balaban J connectivity index is 0.00000242. The number of nitrogens with one attached hydrogen (secondary N) is 1. The van der Waals surface area contributed by atoms with E-state index in [0.29, 0.717) is 6.61 Å². The van der Waals surface area contributed by atoms with Crippen LogP contribution in [-0.4, -0.2) is 13.7 Å². The van der Waals surface area contributed by atoms with Gasteiger partial charge in [0, 0.05) is 6.54 Å². The van der Waals surface area contributed by atoms with Crippen LogP contribution in [0.3, 0.4) is 0 Å². The zero-order valence-electron chi connectivity index (χ0n) is 13.2. The van der Waals surface area contributed by atoms with E-state index in [1.807, 2.05) is 30.3 Å². The van der Waals surface area contributed by atoms with E-state index >= 15 is 0 Å². The van der Waals surface area contributed by atoms with Crippen LogP contribution in [0, 0.1) is 0 Å². The first kappa shape index (κ1) is 18.3. The van der Waals surface area contributed by atoms with E-state index in [4.69, 9.17) is 9.47 Å². The number of hydrogen-bond acceptors (Lipinski definition) is 3. The summed E-state index contributed by atoms with van der Waals surface area (Å²) in [6, 6.07) is 16.2. The molecule has 0 heterocycles. The van der Waals surface area contributed by atoms with Gasteiger partial charge in [-0.2, -0.15) is 0 Å². The third kappa shape index (κ3) is 5.58. The maximum atomic E-state index is 5.85. The van der Waals surface area contributed by atoms with Gasteiger partial charge in [-0.3, -0.25) is 0 Å². The lowest BCUT2D eigenvalue weighted by molar-refractivity contribution is 0.284. The number of ether oxygens (including phenoxy) is 2. The monoisotopic (exact) mass is 321 g/mol. The molecular weight excluding hydrogens is 298 g/mol. The molecule has 120 valence electrons. The summed E-state index contributed by atoms with van der Waals surface area (Å²) in [7, 11) is 1.67. The van der Waals surface area contributed by atoms with E-state index in [-0.39, 0.29) is 12.4 Å². The van der Waals surface area contributed by atoms with Gasteiger partial charge in [0.05, 0.1) is 7.11 Å². The van der Waals surface area contributed by atoms with Crippen molar-refractivity contribution in [1.82, 2.24) is 5.32 Å². The molecule has 0 spiro atoms. The van der Waals surface area contributed by atoms with Crippen molar-refractivity contribution in [3.05, 3.63) is 59.7 Å². The fraction of sp³-hybridized carbons (Fsp3) is 0.333. The van der Waals surface area contributed by atoms with Gasteiger partial charge in [0.15, 0.2) is 11.5 Å². The molecule has 3 nitrogen and oxygen atoms in total. The molecular formula is C18H24ClNO2. The molecule has 0 bridgehead atoms. The minimum Gasteiger partial charge on any atom is -0.493 e. The molecule has 0 atom stereocenters. The Hall–Kier alpha value is -1.71. The molecule has 1 N–H and O–H groups in total. The van der Waals surface area contributed by atoms with Crippen LogP contribution < -0.4 is 14.8 Å². The van der Waals surface area contributed by atoms with E-state index in [1.54, 1.807) is 7.11 Å². The van der Waals surface area contributed by atoms with Gasteiger partial charge in [0.1, 0.15) is 6.61 Å². The maximum Gasteiger partial charge on any atom is 0.161 e. The van der Waals surface area contributed by atoms with Crippen molar-refractivity contribution in [3.63, 3.8) is 0 Å². The van der Waals surface area contributed by atoms with E-state index < -0.39 is 0 Å². The highest BCUT2D eigenvalue weighted by atomic mass is 35.5. The van der Waals surface area contributed by atoms with E-state index in [2.05, 4.69) is 30.4 Å². The van der Waals surface area contributed by atoms with E-state index in [9.17, 15) is 0 Å². The lowest BCUT2D eigenvalue weighted by Gasteiger charge is -2.12. The minimum atomic E-state index is 0. The van der Waals surface area contributed by atoms with Crippen LogP contribution in [0.1, 0.15) is 24.5 Å². The summed E-state index contributed by atoms with van der Waals surface area (Å²) >= 11 is 0. The van der Waals surface area contributed by atoms with Gasteiger partial charge in [-0.05, 0) is 36.2 Å². The quantitative estimate of drug-likeness (QED) is 0.739. The predicted molar refractivity (Wildman–Crippen MR) is 93.0 cm³/mol. The highest BCUT2D eigenvalue weighted by Crippen LogP contribution is 2.28. The number of halogens is 1. The largest absolute Gasteiger partial charge is 0.493 e. The molecule has 0 aromatic heterocycles. The van der Waals surface area contributed by atoms with Crippen LogP contribution in [-0.2, 0) is 13.2 Å². The topological polar surface area (TPSA) is 30.5 Å². The van der Waals surface area contributed by atoms with Gasteiger partial charge >= 0.3 is 0 Å². The van der Waals surface area contributed by atoms with Gasteiger partial charge in [-0.1, -0.05) is 43.3 Å². The lowest BCUT2D eigenvalue weighted by Crippen LogP contribution is -2.13. The average molecular weight is 322 g/mol. The molecule has 2 rings (SSSR count). The molecule has 0 fully saturated rings. The van der Waals surface area contributed by atoms with Crippen molar-refractivity contribution in [2.45, 2.75) is 26.5 Å². The Kier molecular flexibility index (Phi) is 8.41. The van der Waals surface area contributed by atoms with Crippen molar-refractivity contribution in [3.8, 4) is 11.5 Å². The summed E-state index contributed by atoms with van der Waals surface area (Å²) in [6.45, 7) is 4.58. The van der Waals surface area contributed by atoms with Crippen molar-refractivity contribution < 1.29 is 9.47 Å². The Morgan fingerprint density at radius 3 is 2.41 bits per heavy atom. The minimum absolute atomic E-state index is 0. The smallest absolute Gasteiger partial charge is 0.161 e. The molecule has 0 unspecified atom stereocenters. The maximum absolute atomic E-state index is 5.85. The second kappa shape index (κ2) is 10.1. The van der Waals surface area contributed by atoms with Gasteiger partial charge in [0.25, 0.3) is 0 Å². The van der Waals surface area contributed by atoms with Crippen LogP contribution in [0.2, 0.25) is 0 Å². The molecule has 0 aliphatic carbocycles. The molecule has 0 saturated carbocycles. The zero-order valence-corrected chi connectivity index (χ0v) is 14.0. The predicted octanol–water partition coefficient (Wildman–Crippen LogP) is 4.20. The van der Waals surface area contributed by atoms with E-state index in [1.165, 1.54) is 5.56 Å². The Labute approximate surface area is 139 Å². The van der Waals surface area contributed by atoms with Gasteiger partial charge in [-0.25, -0.2) is 0 Å². The van der Waals surface area contributed by atoms with Crippen LogP contribution in [0.15, 0.2) is 48.5 Å². The van der Waals surface area contributed by atoms with Gasteiger partial charge in [-0.15, -0.1) is 12.4 Å². The Bertz CT molecular complexity index is 546. The summed E-state index contributed by atoms with van der Waals surface area (Å²) in [5.74, 6) is 1.56. The first-order valence-corrected chi connectivity index (χ1v) is 7.38. The van der Waals surface area contributed by atoms with Crippen molar-refractivity contribution in [2.75, 3.05) is 13.7 Å². The first-order valence-electron chi connectivity index (χ1n) is 7.38. The molecule has 0 amide bonds. The Morgan fingerprint density at radius 1 is 0.955 bits per heavy atom. The molecule has 2 aromatic rings. The van der Waals surface area contributed by atoms with Gasteiger partial charge < -0.3 is 14.8 Å². The molecule has 0 aliphatic heterocycles. The van der Waals surface area contributed by atoms with Crippen LogP contribution in [0.4, 0.5) is 0 Å². The standard InChI is InChI=1S/C18H23NO2.ClH/c1-3-11-19-13-16-9-10-17(18(12-16)20-2)21-14-15-7-5-4-6-8-15;/h4-10,12,19H,3,11,13-14H2,1-2H3;1H. The summed E-state index contributed by atoms with van der Waals surface area (Å²) in [4.78, 5) is 0. The number of hydrogen-bond donors (Lipinski definition) is 1. The normalized spacial score (nSPS) is 9.91. The number of rotatable bonds is 8. The number of methoxy groups -OCH3 is 1. The Morgan fingerprint density at radius 2 is 1.73 bits per heavy atom. The third-order valence-corrected chi connectivity index (χ3v) is 3.22. The molecule has 22 heavy (non-hydrogen) atoms. The highest BCUT2D eigenvalue weighted by Gasteiger charge is 2.06. The molecule has 2 aromatic carbocycles. The average Bonchev–Trinajstić information content (AvgIpc) is 2.54. The summed E-state index contributed by atoms with van der Waals surface area (Å²) in [5, 5.41) is 3.38. The number of benzene rings is 2. The molecule has 0 radical (unpaired) electrons. The van der Waals surface area contributed by atoms with Gasteiger partial charge in [0.2, 0.25) is 0 Å². The van der Waals surface area contributed by atoms with Crippen molar-refractivity contribution >= 4 is 12.4 Å². The van der Waals surface area contributed by atoms with E-state index in [0.717, 1.165) is 36.6 Å². The first-order chi connectivity index (χ1) is 10.3. The zero-order chi connectivity index (χ0) is 14.9. The fourth-order valence-corrected chi connectivity index (χ4v) is 2.09. The molecule has 0 aliphatic rings. The summed E-state index contributed by atoms with van der Waals surface area (Å²) < 4.78 is 11.3. The second-order valence-corrected chi connectivity index (χ2v) is 4.94. The van der Waals surface area contributed by atoms with Crippen molar-refractivity contribution in [1.29, 1.82) is 0 Å². The highest BCUT2D eigenvalue weighted by molar-refractivity contribution is 5.85. The molecule has 0 saturated heterocycles. The van der Waals surface area contributed by atoms with Crippen LogP contribution >= 0.6 is 12.4 Å². The summed E-state index contributed by atoms with van der Waals surface area (Å²) in [5.41, 5.74) is 2.35. The molecule has 4 heteroatoms. The third-order valence-electron chi connectivity index (χ3n) is 3.22. The van der Waals surface area contributed by atoms with Crippen LogP contribution in [0.25, 0.3) is 0 Å². The van der Waals surface area contributed by atoms with Crippen LogP contribution in [0.5, 0.6) is 11.5 Å².